The van der Waals surface area contributed by atoms with E-state index in [2.05, 4.69) is 18.3 Å². The zero-order valence-electron chi connectivity index (χ0n) is 5.28. The SMILES string of the molecule is CC#C[CH-]C1CCC1. The van der Waals surface area contributed by atoms with E-state index in [0.717, 1.165) is 5.92 Å². The first-order chi connectivity index (χ1) is 3.93. The van der Waals surface area contributed by atoms with Gasteiger partial charge in [0.05, 0.1) is 0 Å². The predicted octanol–water partition coefficient (Wildman–Crippen LogP) is 2.01. The number of hydrogen-bond acceptors (Lipinski definition) is 0. The summed E-state index contributed by atoms with van der Waals surface area (Å²) >= 11 is 0. The quantitative estimate of drug-likeness (QED) is 0.355. The molecule has 0 aromatic heterocycles. The molecular weight excluding hydrogens is 96.1 g/mol. The third-order valence-corrected chi connectivity index (χ3v) is 1.61. The fraction of sp³-hybridized carbons (Fsp3) is 0.625. The largest absolute Gasteiger partial charge is 0.331 e. The first kappa shape index (κ1) is 5.56. The van der Waals surface area contributed by atoms with Crippen molar-refractivity contribution >= 4 is 0 Å². The van der Waals surface area contributed by atoms with Crippen LogP contribution in [-0.2, 0) is 0 Å². The molecule has 0 radical (unpaired) electrons. The second-order valence-electron chi connectivity index (χ2n) is 2.25. The molecule has 1 rings (SSSR count). The molecular formula is C8H11-. The Morgan fingerprint density at radius 3 is 2.62 bits per heavy atom. The minimum atomic E-state index is 0.836. The minimum Gasteiger partial charge on any atom is -0.331 e. The third-order valence-electron chi connectivity index (χ3n) is 1.61. The van der Waals surface area contributed by atoms with E-state index in [0.29, 0.717) is 0 Å². The van der Waals surface area contributed by atoms with Gasteiger partial charge in [-0.3, -0.25) is 5.92 Å². The van der Waals surface area contributed by atoms with Gasteiger partial charge in [-0.05, 0) is 0 Å². The van der Waals surface area contributed by atoms with Gasteiger partial charge in [-0.2, -0.15) is 6.42 Å². The maximum Gasteiger partial charge on any atom is -0.0550 e. The Morgan fingerprint density at radius 1 is 1.50 bits per heavy atom. The van der Waals surface area contributed by atoms with Gasteiger partial charge < -0.3 is 5.92 Å². The Kier molecular flexibility index (Phi) is 1.86. The van der Waals surface area contributed by atoms with E-state index < -0.39 is 0 Å². The summed E-state index contributed by atoms with van der Waals surface area (Å²) in [5.74, 6) is 6.67. The van der Waals surface area contributed by atoms with E-state index in [9.17, 15) is 0 Å². The highest BCUT2D eigenvalue weighted by molar-refractivity contribution is 5.11. The molecule has 0 atom stereocenters. The molecule has 0 N–H and O–H groups in total. The molecule has 0 aromatic rings. The Labute approximate surface area is 51.3 Å². The molecule has 0 bridgehead atoms. The summed E-state index contributed by atoms with van der Waals surface area (Å²) in [6.45, 7) is 1.88. The molecule has 0 aromatic carbocycles. The van der Waals surface area contributed by atoms with Gasteiger partial charge in [-0.15, -0.1) is 0 Å². The zero-order valence-corrected chi connectivity index (χ0v) is 5.28. The van der Waals surface area contributed by atoms with Crippen molar-refractivity contribution in [1.82, 2.24) is 0 Å². The monoisotopic (exact) mass is 107 g/mol. The average molecular weight is 107 g/mol. The minimum absolute atomic E-state index is 0.836. The molecule has 0 aliphatic heterocycles. The Morgan fingerprint density at radius 2 is 2.25 bits per heavy atom. The topological polar surface area (TPSA) is 0 Å². The summed E-state index contributed by atoms with van der Waals surface area (Å²) in [5, 5.41) is 0. The first-order valence-corrected chi connectivity index (χ1v) is 3.19. The van der Waals surface area contributed by atoms with Crippen molar-refractivity contribution in [3.05, 3.63) is 6.42 Å². The third kappa shape index (κ3) is 1.20. The Balaban J connectivity index is 2.07. The van der Waals surface area contributed by atoms with E-state index >= 15 is 0 Å². The van der Waals surface area contributed by atoms with Crippen LogP contribution in [0.1, 0.15) is 26.2 Å². The molecule has 44 valence electrons. The fourth-order valence-corrected chi connectivity index (χ4v) is 0.808. The fourth-order valence-electron chi connectivity index (χ4n) is 0.808. The Bertz CT molecular complexity index is 110. The highest BCUT2D eigenvalue weighted by Crippen LogP contribution is 2.27. The van der Waals surface area contributed by atoms with Crippen molar-refractivity contribution in [3.8, 4) is 11.8 Å². The van der Waals surface area contributed by atoms with Crippen LogP contribution in [0.4, 0.5) is 0 Å². The molecule has 0 nitrogen and oxygen atoms in total. The maximum atomic E-state index is 2.98. The van der Waals surface area contributed by atoms with Gasteiger partial charge in [0.2, 0.25) is 0 Å². The van der Waals surface area contributed by atoms with E-state index in [-0.39, 0.29) is 0 Å². The second-order valence-corrected chi connectivity index (χ2v) is 2.25. The van der Waals surface area contributed by atoms with Crippen LogP contribution >= 0.6 is 0 Å². The van der Waals surface area contributed by atoms with Gasteiger partial charge in [-0.1, -0.05) is 32.1 Å². The molecule has 0 amide bonds. The highest BCUT2D eigenvalue weighted by Gasteiger charge is 2.10. The lowest BCUT2D eigenvalue weighted by Crippen LogP contribution is -2.09. The van der Waals surface area contributed by atoms with Crippen LogP contribution in [0.15, 0.2) is 0 Å². The predicted molar refractivity (Wildman–Crippen MR) is 35.1 cm³/mol. The molecule has 8 heavy (non-hydrogen) atoms. The van der Waals surface area contributed by atoms with E-state index in [4.69, 9.17) is 0 Å². The van der Waals surface area contributed by atoms with Crippen LogP contribution in [0.5, 0.6) is 0 Å². The van der Waals surface area contributed by atoms with Crippen molar-refractivity contribution < 1.29 is 0 Å². The van der Waals surface area contributed by atoms with Crippen LogP contribution in [0.2, 0.25) is 0 Å². The molecule has 0 heterocycles. The lowest BCUT2D eigenvalue weighted by atomic mass is 9.83. The summed E-state index contributed by atoms with van der Waals surface area (Å²) in [5.41, 5.74) is 0. The first-order valence-electron chi connectivity index (χ1n) is 3.19. The molecule has 1 aliphatic rings. The van der Waals surface area contributed by atoms with E-state index in [1.165, 1.54) is 19.3 Å². The van der Waals surface area contributed by atoms with Crippen molar-refractivity contribution in [1.29, 1.82) is 0 Å². The normalized spacial score (nSPS) is 18.1. The molecule has 0 spiro atoms. The summed E-state index contributed by atoms with van der Waals surface area (Å²) < 4.78 is 0. The molecule has 1 aliphatic carbocycles. The summed E-state index contributed by atoms with van der Waals surface area (Å²) in [6.07, 6.45) is 6.28. The van der Waals surface area contributed by atoms with Crippen LogP contribution < -0.4 is 0 Å². The lowest BCUT2D eigenvalue weighted by Gasteiger charge is -2.27. The summed E-state index contributed by atoms with van der Waals surface area (Å²) in [6, 6.07) is 0. The molecule has 0 saturated heterocycles. The molecule has 0 heteroatoms. The summed E-state index contributed by atoms with van der Waals surface area (Å²) in [4.78, 5) is 0. The number of hydrogen-bond donors (Lipinski definition) is 0. The van der Waals surface area contributed by atoms with Gasteiger partial charge in [0.15, 0.2) is 0 Å². The molecule has 1 fully saturated rings. The second kappa shape index (κ2) is 2.67. The van der Waals surface area contributed by atoms with Crippen LogP contribution in [0, 0.1) is 24.2 Å². The zero-order chi connectivity index (χ0) is 5.82. The van der Waals surface area contributed by atoms with E-state index in [1.54, 1.807) is 0 Å². The van der Waals surface area contributed by atoms with Crippen LogP contribution in [-0.4, -0.2) is 0 Å². The lowest BCUT2D eigenvalue weighted by molar-refractivity contribution is 0.372. The number of rotatable bonds is 1. The Hall–Kier alpha value is -0.570. The smallest absolute Gasteiger partial charge is 0.0550 e. The molecule has 0 unspecified atom stereocenters. The van der Waals surface area contributed by atoms with E-state index in [1.807, 2.05) is 6.92 Å². The van der Waals surface area contributed by atoms with Crippen molar-refractivity contribution in [2.24, 2.45) is 5.92 Å². The average Bonchev–Trinajstić information content (AvgIpc) is 1.63. The van der Waals surface area contributed by atoms with Crippen molar-refractivity contribution in [2.75, 3.05) is 0 Å². The van der Waals surface area contributed by atoms with Gasteiger partial charge >= 0.3 is 0 Å². The summed E-state index contributed by atoms with van der Waals surface area (Å²) in [7, 11) is 0. The van der Waals surface area contributed by atoms with Gasteiger partial charge in [0, 0.05) is 0 Å². The van der Waals surface area contributed by atoms with Crippen molar-refractivity contribution in [2.45, 2.75) is 26.2 Å². The standard InChI is InChI=1S/C8H11/c1-2-3-5-8-6-4-7-8/h5,8H,4,6-7H2,1H3/q-1. The van der Waals surface area contributed by atoms with Gasteiger partial charge in [0.25, 0.3) is 0 Å². The highest BCUT2D eigenvalue weighted by atomic mass is 14.2. The van der Waals surface area contributed by atoms with Crippen LogP contribution in [0.25, 0.3) is 0 Å². The maximum absolute atomic E-state index is 2.98. The molecule has 1 saturated carbocycles. The van der Waals surface area contributed by atoms with Crippen molar-refractivity contribution in [3.63, 3.8) is 0 Å². The van der Waals surface area contributed by atoms with Gasteiger partial charge in [0.1, 0.15) is 0 Å². The van der Waals surface area contributed by atoms with Gasteiger partial charge in [-0.25, -0.2) is 0 Å². The van der Waals surface area contributed by atoms with Crippen LogP contribution in [0.3, 0.4) is 0 Å².